The summed E-state index contributed by atoms with van der Waals surface area (Å²) in [6, 6.07) is 7.31. The summed E-state index contributed by atoms with van der Waals surface area (Å²) in [4.78, 5) is 40.0. The second-order valence-electron chi connectivity index (χ2n) is 6.60. The maximum atomic E-state index is 12.5. The third-order valence-electron chi connectivity index (χ3n) is 4.14. The third kappa shape index (κ3) is 4.74. The van der Waals surface area contributed by atoms with Crippen LogP contribution in [0.5, 0.6) is 5.75 Å². The molecule has 2 rings (SSSR count). The van der Waals surface area contributed by atoms with E-state index in [0.717, 1.165) is 0 Å². The van der Waals surface area contributed by atoms with Gasteiger partial charge >= 0.3 is 0 Å². The number of benzene rings is 1. The van der Waals surface area contributed by atoms with E-state index in [1.165, 1.54) is 4.90 Å². The summed E-state index contributed by atoms with van der Waals surface area (Å²) in [6.07, 6.45) is -0.436. The second kappa shape index (κ2) is 8.69. The molecule has 1 heterocycles. The molecule has 7 heteroatoms. The van der Waals surface area contributed by atoms with Gasteiger partial charge in [-0.2, -0.15) is 0 Å². The van der Waals surface area contributed by atoms with Gasteiger partial charge in [0.2, 0.25) is 11.8 Å². The molecule has 3 amide bonds. The van der Waals surface area contributed by atoms with Gasteiger partial charge in [-0.1, -0.05) is 12.1 Å². The molecule has 26 heavy (non-hydrogen) atoms. The molecule has 7 nitrogen and oxygen atoms in total. The summed E-state index contributed by atoms with van der Waals surface area (Å²) < 4.78 is 5.60. The summed E-state index contributed by atoms with van der Waals surface area (Å²) in [5.41, 5.74) is 0.670. The quantitative estimate of drug-likeness (QED) is 0.799. The number of likely N-dealkylation sites (N-methyl/N-ethyl adjacent to an activating group) is 1. The largest absolute Gasteiger partial charge is 0.479 e. The predicted octanol–water partition coefficient (Wildman–Crippen LogP) is 1.56. The van der Waals surface area contributed by atoms with Crippen LogP contribution in [0.3, 0.4) is 0 Å². The minimum atomic E-state index is -0.584. The van der Waals surface area contributed by atoms with Crippen molar-refractivity contribution in [2.24, 2.45) is 0 Å². The van der Waals surface area contributed by atoms with E-state index in [2.05, 4.69) is 5.32 Å². The van der Waals surface area contributed by atoms with Crippen molar-refractivity contribution >= 4 is 23.4 Å². The minimum Gasteiger partial charge on any atom is -0.479 e. The smallest absolute Gasteiger partial charge is 0.267 e. The van der Waals surface area contributed by atoms with Crippen LogP contribution in [0.15, 0.2) is 24.3 Å². The Morgan fingerprint density at radius 3 is 2.65 bits per heavy atom. The molecule has 0 saturated carbocycles. The Morgan fingerprint density at radius 1 is 1.31 bits per heavy atom. The molecule has 1 aromatic rings. The Bertz CT molecular complexity index is 675. The van der Waals surface area contributed by atoms with Gasteiger partial charge in [0.15, 0.2) is 6.10 Å². The van der Waals surface area contributed by atoms with Crippen LogP contribution < -0.4 is 15.0 Å². The Labute approximate surface area is 154 Å². The number of amides is 3. The zero-order valence-corrected chi connectivity index (χ0v) is 15.8. The molecule has 0 aliphatic carbocycles. The number of carbonyl (C=O) groups is 3. The molecule has 1 aliphatic rings. The van der Waals surface area contributed by atoms with Gasteiger partial charge in [0.05, 0.1) is 12.2 Å². The van der Waals surface area contributed by atoms with E-state index in [1.54, 1.807) is 17.9 Å². The maximum absolute atomic E-state index is 12.5. The van der Waals surface area contributed by atoms with Crippen molar-refractivity contribution in [2.75, 3.05) is 24.5 Å². The molecule has 0 fully saturated rings. The highest BCUT2D eigenvalue weighted by atomic mass is 16.5. The van der Waals surface area contributed by atoms with E-state index in [0.29, 0.717) is 18.0 Å². The first-order chi connectivity index (χ1) is 12.3. The molecule has 0 saturated heterocycles. The zero-order valence-electron chi connectivity index (χ0n) is 15.8. The molecule has 0 radical (unpaired) electrons. The molecule has 1 N–H and O–H groups in total. The highest BCUT2D eigenvalue weighted by Crippen LogP contribution is 2.33. The number of ether oxygens (including phenoxy) is 1. The lowest BCUT2D eigenvalue weighted by Gasteiger charge is -2.33. The second-order valence-corrected chi connectivity index (χ2v) is 6.60. The fourth-order valence-electron chi connectivity index (χ4n) is 2.87. The van der Waals surface area contributed by atoms with E-state index < -0.39 is 6.10 Å². The number of hydrogen-bond acceptors (Lipinski definition) is 4. The van der Waals surface area contributed by atoms with Gasteiger partial charge < -0.3 is 19.9 Å². The first-order valence-electron chi connectivity index (χ1n) is 8.97. The minimum absolute atomic E-state index is 0.0254. The Balaban J connectivity index is 2.01. The van der Waals surface area contributed by atoms with Crippen molar-refractivity contribution in [1.82, 2.24) is 10.2 Å². The van der Waals surface area contributed by atoms with E-state index in [9.17, 15) is 14.4 Å². The van der Waals surface area contributed by atoms with Crippen LogP contribution in [-0.4, -0.2) is 54.4 Å². The molecule has 0 bridgehead atoms. The molecule has 1 aliphatic heterocycles. The highest BCUT2D eigenvalue weighted by Gasteiger charge is 2.31. The van der Waals surface area contributed by atoms with Crippen LogP contribution in [0, 0.1) is 0 Å². The van der Waals surface area contributed by atoms with Crippen LogP contribution in [-0.2, 0) is 14.4 Å². The lowest BCUT2D eigenvalue weighted by atomic mass is 10.1. The molecule has 1 aromatic carbocycles. The lowest BCUT2D eigenvalue weighted by Crippen LogP contribution is -2.47. The monoisotopic (exact) mass is 361 g/mol. The molecule has 0 aromatic heterocycles. The fourth-order valence-corrected chi connectivity index (χ4v) is 2.87. The number of hydrogen-bond donors (Lipinski definition) is 1. The summed E-state index contributed by atoms with van der Waals surface area (Å²) in [5.74, 6) is 0.125. The van der Waals surface area contributed by atoms with E-state index >= 15 is 0 Å². The van der Waals surface area contributed by atoms with Crippen LogP contribution >= 0.6 is 0 Å². The van der Waals surface area contributed by atoms with Gasteiger partial charge in [0, 0.05) is 25.6 Å². The van der Waals surface area contributed by atoms with Gasteiger partial charge in [-0.15, -0.1) is 0 Å². The Kier molecular flexibility index (Phi) is 6.60. The van der Waals surface area contributed by atoms with Crippen molar-refractivity contribution in [3.8, 4) is 5.75 Å². The van der Waals surface area contributed by atoms with Gasteiger partial charge in [0.1, 0.15) is 5.75 Å². The van der Waals surface area contributed by atoms with E-state index in [-0.39, 0.29) is 43.3 Å². The van der Waals surface area contributed by atoms with Gasteiger partial charge in [0.25, 0.3) is 5.91 Å². The number of nitrogens with zero attached hydrogens (tertiary/aromatic N) is 2. The lowest BCUT2D eigenvalue weighted by molar-refractivity contribution is -0.136. The summed E-state index contributed by atoms with van der Waals surface area (Å²) >= 11 is 0. The first-order valence-corrected chi connectivity index (χ1v) is 8.97. The number of carbonyl (C=O) groups excluding carboxylic acids is 3. The van der Waals surface area contributed by atoms with Crippen LogP contribution in [0.25, 0.3) is 0 Å². The highest BCUT2D eigenvalue weighted by molar-refractivity contribution is 6.00. The standard InChI is InChI=1S/C19H27N3O4/c1-5-21(12-17(23)20-13(2)3)18(24)10-11-22-15-8-6-7-9-16(15)26-14(4)19(22)25/h6-9,13-14H,5,10-12H2,1-4H3,(H,20,23)/t14-/m0/s1. The molecular formula is C19H27N3O4. The molecule has 0 spiro atoms. The number of anilines is 1. The SMILES string of the molecule is CCN(CC(=O)NC(C)C)C(=O)CCN1C(=O)[C@H](C)Oc2ccccc21. The normalized spacial score (nSPS) is 16.1. The zero-order chi connectivity index (χ0) is 19.3. The third-order valence-corrected chi connectivity index (χ3v) is 4.14. The summed E-state index contributed by atoms with van der Waals surface area (Å²) in [5, 5.41) is 2.78. The van der Waals surface area contributed by atoms with Crippen molar-refractivity contribution in [2.45, 2.75) is 46.3 Å². The van der Waals surface area contributed by atoms with E-state index in [4.69, 9.17) is 4.74 Å². The van der Waals surface area contributed by atoms with Crippen molar-refractivity contribution < 1.29 is 19.1 Å². The summed E-state index contributed by atoms with van der Waals surface area (Å²) in [6.45, 7) is 7.99. The Hall–Kier alpha value is -2.57. The molecular weight excluding hydrogens is 334 g/mol. The van der Waals surface area contributed by atoms with Gasteiger partial charge in [-0.05, 0) is 39.8 Å². The topological polar surface area (TPSA) is 79.0 Å². The Morgan fingerprint density at radius 2 is 2.00 bits per heavy atom. The average molecular weight is 361 g/mol. The average Bonchev–Trinajstić information content (AvgIpc) is 2.59. The van der Waals surface area contributed by atoms with Crippen molar-refractivity contribution in [3.63, 3.8) is 0 Å². The predicted molar refractivity (Wildman–Crippen MR) is 99.0 cm³/mol. The number of rotatable bonds is 7. The number of nitrogens with one attached hydrogen (secondary N) is 1. The first kappa shape index (κ1) is 19.8. The number of para-hydroxylation sites is 2. The van der Waals surface area contributed by atoms with Crippen molar-refractivity contribution in [1.29, 1.82) is 0 Å². The molecule has 1 atom stereocenters. The van der Waals surface area contributed by atoms with Gasteiger partial charge in [-0.3, -0.25) is 14.4 Å². The van der Waals surface area contributed by atoms with Crippen LogP contribution in [0.4, 0.5) is 5.69 Å². The van der Waals surface area contributed by atoms with Crippen molar-refractivity contribution in [3.05, 3.63) is 24.3 Å². The maximum Gasteiger partial charge on any atom is 0.267 e. The van der Waals surface area contributed by atoms with Crippen LogP contribution in [0.1, 0.15) is 34.1 Å². The van der Waals surface area contributed by atoms with Crippen LogP contribution in [0.2, 0.25) is 0 Å². The van der Waals surface area contributed by atoms with E-state index in [1.807, 2.05) is 39.0 Å². The fraction of sp³-hybridized carbons (Fsp3) is 0.526. The molecule has 142 valence electrons. The summed E-state index contributed by atoms with van der Waals surface area (Å²) in [7, 11) is 0. The number of fused-ring (bicyclic) bond motifs is 1. The van der Waals surface area contributed by atoms with Gasteiger partial charge in [-0.25, -0.2) is 0 Å². The molecule has 0 unspecified atom stereocenters.